The Kier molecular flexibility index (Phi) is 4.46. The second-order valence-electron chi connectivity index (χ2n) is 6.82. The second-order valence-corrected chi connectivity index (χ2v) is 6.82. The summed E-state index contributed by atoms with van der Waals surface area (Å²) in [6.45, 7) is 4.30. The number of hydrogen-bond donors (Lipinski definition) is 1. The highest BCUT2D eigenvalue weighted by atomic mass is 35.5. The topological polar surface area (TPSA) is 38.3 Å². The third-order valence-corrected chi connectivity index (χ3v) is 5.20. The van der Waals surface area contributed by atoms with E-state index in [-0.39, 0.29) is 30.0 Å². The van der Waals surface area contributed by atoms with Crippen LogP contribution in [0.2, 0.25) is 0 Å². The van der Waals surface area contributed by atoms with Crippen molar-refractivity contribution in [2.24, 2.45) is 17.8 Å². The molecule has 3 nitrogen and oxygen atoms in total. The van der Waals surface area contributed by atoms with E-state index in [1.54, 1.807) is 0 Å². The van der Waals surface area contributed by atoms with Gasteiger partial charge in [-0.3, -0.25) is 10.1 Å². The van der Waals surface area contributed by atoms with Crippen molar-refractivity contribution in [3.63, 3.8) is 0 Å². The summed E-state index contributed by atoms with van der Waals surface area (Å²) in [5.41, 5.74) is 0.251. The SMILES string of the molecule is CCOC(=O)C(C)NC12CC3CC(CC(C3)C1)C2.Cl. The van der Waals surface area contributed by atoms with Gasteiger partial charge in [-0.2, -0.15) is 0 Å². The molecule has 4 fully saturated rings. The lowest BCUT2D eigenvalue weighted by molar-refractivity contribution is -0.147. The minimum absolute atomic E-state index is 0. The number of esters is 1. The first-order valence-electron chi connectivity index (χ1n) is 7.54. The van der Waals surface area contributed by atoms with E-state index in [0.717, 1.165) is 17.8 Å². The Hall–Kier alpha value is -0.280. The Morgan fingerprint density at radius 1 is 1.21 bits per heavy atom. The molecule has 0 radical (unpaired) electrons. The van der Waals surface area contributed by atoms with Crippen molar-refractivity contribution in [1.29, 1.82) is 0 Å². The van der Waals surface area contributed by atoms with Gasteiger partial charge < -0.3 is 4.74 Å². The molecule has 0 aliphatic heterocycles. The number of carbonyl (C=O) groups is 1. The highest BCUT2D eigenvalue weighted by molar-refractivity contribution is 5.85. The summed E-state index contributed by atoms with van der Waals surface area (Å²) in [7, 11) is 0. The summed E-state index contributed by atoms with van der Waals surface area (Å²) in [5.74, 6) is 2.66. The van der Waals surface area contributed by atoms with Crippen LogP contribution in [0.3, 0.4) is 0 Å². The van der Waals surface area contributed by atoms with Gasteiger partial charge in [0.1, 0.15) is 6.04 Å². The molecule has 0 amide bonds. The maximum Gasteiger partial charge on any atom is 0.322 e. The number of halogens is 1. The van der Waals surface area contributed by atoms with E-state index in [9.17, 15) is 4.79 Å². The molecule has 1 atom stereocenters. The normalized spacial score (nSPS) is 40.6. The van der Waals surface area contributed by atoms with Crippen LogP contribution in [0, 0.1) is 17.8 Å². The van der Waals surface area contributed by atoms with Gasteiger partial charge in [0.15, 0.2) is 0 Å². The Balaban J connectivity index is 0.00000133. The Labute approximate surface area is 122 Å². The molecule has 19 heavy (non-hydrogen) atoms. The van der Waals surface area contributed by atoms with Crippen molar-refractivity contribution in [2.75, 3.05) is 6.61 Å². The van der Waals surface area contributed by atoms with Crippen molar-refractivity contribution in [3.8, 4) is 0 Å². The zero-order valence-corrected chi connectivity index (χ0v) is 12.8. The molecule has 4 heteroatoms. The molecule has 110 valence electrons. The van der Waals surface area contributed by atoms with Gasteiger partial charge in [-0.15, -0.1) is 12.4 Å². The quantitative estimate of drug-likeness (QED) is 0.808. The van der Waals surface area contributed by atoms with Crippen molar-refractivity contribution in [2.45, 2.75) is 64.0 Å². The molecule has 0 aromatic rings. The molecule has 1 N–H and O–H groups in total. The fraction of sp³-hybridized carbons (Fsp3) is 0.933. The smallest absolute Gasteiger partial charge is 0.322 e. The largest absolute Gasteiger partial charge is 0.465 e. The molecular formula is C15H26ClNO2. The van der Waals surface area contributed by atoms with E-state index >= 15 is 0 Å². The maximum absolute atomic E-state index is 11.8. The van der Waals surface area contributed by atoms with Crippen molar-refractivity contribution < 1.29 is 9.53 Å². The minimum Gasteiger partial charge on any atom is -0.465 e. The maximum atomic E-state index is 11.8. The fourth-order valence-corrected chi connectivity index (χ4v) is 5.07. The molecular weight excluding hydrogens is 262 g/mol. The van der Waals surface area contributed by atoms with Crippen LogP contribution >= 0.6 is 12.4 Å². The van der Waals surface area contributed by atoms with Gasteiger partial charge in [-0.05, 0) is 70.1 Å². The summed E-state index contributed by atoms with van der Waals surface area (Å²) in [4.78, 5) is 11.8. The van der Waals surface area contributed by atoms with E-state index in [2.05, 4.69) is 5.32 Å². The second kappa shape index (κ2) is 5.61. The molecule has 4 aliphatic carbocycles. The zero-order chi connectivity index (χ0) is 12.8. The third-order valence-electron chi connectivity index (χ3n) is 5.20. The van der Waals surface area contributed by atoms with Crippen molar-refractivity contribution in [3.05, 3.63) is 0 Å². The monoisotopic (exact) mass is 287 g/mol. The van der Waals surface area contributed by atoms with Gasteiger partial charge in [0.2, 0.25) is 0 Å². The lowest BCUT2D eigenvalue weighted by Crippen LogP contribution is -2.61. The van der Waals surface area contributed by atoms with E-state index < -0.39 is 0 Å². The predicted molar refractivity (Wildman–Crippen MR) is 77.4 cm³/mol. The minimum atomic E-state index is -0.152. The number of carbonyl (C=O) groups excluding carboxylic acids is 1. The number of rotatable bonds is 4. The molecule has 4 bridgehead atoms. The highest BCUT2D eigenvalue weighted by Gasteiger charge is 2.51. The van der Waals surface area contributed by atoms with Crippen LogP contribution in [-0.4, -0.2) is 24.2 Å². The van der Waals surface area contributed by atoms with E-state index in [1.807, 2.05) is 13.8 Å². The van der Waals surface area contributed by atoms with Gasteiger partial charge in [0.25, 0.3) is 0 Å². The molecule has 4 rings (SSSR count). The van der Waals surface area contributed by atoms with Gasteiger partial charge in [-0.25, -0.2) is 0 Å². The first-order valence-corrected chi connectivity index (χ1v) is 7.54. The fourth-order valence-electron chi connectivity index (χ4n) is 5.07. The van der Waals surface area contributed by atoms with Crippen LogP contribution in [0.25, 0.3) is 0 Å². The molecule has 0 spiro atoms. The Morgan fingerprint density at radius 2 is 1.68 bits per heavy atom. The summed E-state index contributed by atoms with van der Waals surface area (Å²) in [6.07, 6.45) is 8.16. The van der Waals surface area contributed by atoms with Crippen LogP contribution in [0.5, 0.6) is 0 Å². The number of nitrogens with one attached hydrogen (secondary N) is 1. The molecule has 0 aromatic carbocycles. The van der Waals surface area contributed by atoms with E-state index in [0.29, 0.717) is 6.61 Å². The summed E-state index contributed by atoms with van der Waals surface area (Å²) < 4.78 is 5.12. The average molecular weight is 288 g/mol. The molecule has 0 heterocycles. The van der Waals surface area contributed by atoms with Crippen LogP contribution in [0.1, 0.15) is 52.4 Å². The standard InChI is InChI=1S/C15H25NO2.ClH/c1-3-18-14(17)10(2)16-15-7-11-4-12(8-15)6-13(5-11)9-15;/h10-13,16H,3-9H2,1-2H3;1H. The van der Waals surface area contributed by atoms with Gasteiger partial charge in [-0.1, -0.05) is 0 Å². The van der Waals surface area contributed by atoms with Crippen molar-refractivity contribution in [1.82, 2.24) is 5.32 Å². The molecule has 1 unspecified atom stereocenters. The first kappa shape index (κ1) is 15.1. The van der Waals surface area contributed by atoms with E-state index in [1.165, 1.54) is 38.5 Å². The van der Waals surface area contributed by atoms with Crippen LogP contribution in [-0.2, 0) is 9.53 Å². The lowest BCUT2D eigenvalue weighted by atomic mass is 9.53. The first-order chi connectivity index (χ1) is 8.60. The Morgan fingerprint density at radius 3 is 2.11 bits per heavy atom. The van der Waals surface area contributed by atoms with Crippen LogP contribution < -0.4 is 5.32 Å². The van der Waals surface area contributed by atoms with E-state index in [4.69, 9.17) is 4.74 Å². The number of ether oxygens (including phenoxy) is 1. The lowest BCUT2D eigenvalue weighted by Gasteiger charge is -2.57. The molecule has 0 saturated heterocycles. The zero-order valence-electron chi connectivity index (χ0n) is 12.0. The summed E-state index contributed by atoms with van der Waals surface area (Å²) in [6, 6.07) is -0.152. The van der Waals surface area contributed by atoms with Crippen LogP contribution in [0.4, 0.5) is 0 Å². The number of hydrogen-bond acceptors (Lipinski definition) is 3. The molecule has 0 aromatic heterocycles. The molecule has 4 aliphatic rings. The van der Waals surface area contributed by atoms with Crippen molar-refractivity contribution >= 4 is 18.4 Å². The third kappa shape index (κ3) is 2.92. The summed E-state index contributed by atoms with van der Waals surface area (Å²) in [5, 5.41) is 3.63. The summed E-state index contributed by atoms with van der Waals surface area (Å²) >= 11 is 0. The van der Waals surface area contributed by atoms with Gasteiger partial charge >= 0.3 is 5.97 Å². The highest BCUT2D eigenvalue weighted by Crippen LogP contribution is 2.55. The predicted octanol–water partition coefficient (Wildman–Crippen LogP) is 2.92. The van der Waals surface area contributed by atoms with Gasteiger partial charge in [0.05, 0.1) is 6.61 Å². The average Bonchev–Trinajstić information content (AvgIpc) is 2.26. The van der Waals surface area contributed by atoms with Crippen LogP contribution in [0.15, 0.2) is 0 Å². The van der Waals surface area contributed by atoms with Gasteiger partial charge in [0, 0.05) is 5.54 Å². The molecule has 4 saturated carbocycles. The Bertz CT molecular complexity index is 310.